The number of hydrogen-bond acceptors (Lipinski definition) is 7. The van der Waals surface area contributed by atoms with Gasteiger partial charge in [0.15, 0.2) is 0 Å². The molecule has 0 saturated heterocycles. The zero-order chi connectivity index (χ0) is 12.6. The van der Waals surface area contributed by atoms with Gasteiger partial charge in [-0.3, -0.25) is 23.2 Å². The lowest BCUT2D eigenvalue weighted by Crippen LogP contribution is -2.07. The van der Waals surface area contributed by atoms with Gasteiger partial charge >= 0.3 is 19.5 Å². The van der Waals surface area contributed by atoms with Crippen molar-refractivity contribution in [1.29, 1.82) is 0 Å². The molecule has 0 radical (unpaired) electrons. The molecule has 0 aromatic heterocycles. The van der Waals surface area contributed by atoms with Crippen LogP contribution in [0.15, 0.2) is 12.4 Å². The van der Waals surface area contributed by atoms with Crippen LogP contribution in [0, 0.1) is 0 Å². The molecule has 16 heavy (non-hydrogen) atoms. The van der Waals surface area contributed by atoms with E-state index in [9.17, 15) is 14.2 Å². The summed E-state index contributed by atoms with van der Waals surface area (Å²) in [5.41, 5.74) is 0. The molecular weight excluding hydrogens is 239 g/mol. The van der Waals surface area contributed by atoms with Crippen molar-refractivity contribution in [3.8, 4) is 0 Å². The van der Waals surface area contributed by atoms with Crippen molar-refractivity contribution >= 4 is 19.5 Å². The molecule has 0 aliphatic heterocycles. The van der Waals surface area contributed by atoms with E-state index in [4.69, 9.17) is 0 Å². The topological polar surface area (TPSA) is 88.1 Å². The monoisotopic (exact) mass is 252 g/mol. The van der Waals surface area contributed by atoms with Gasteiger partial charge in [-0.15, -0.1) is 0 Å². The number of hydrogen-bond donors (Lipinski definition) is 0. The molecule has 7 nitrogen and oxygen atoms in total. The maximum atomic E-state index is 11.6. The van der Waals surface area contributed by atoms with Gasteiger partial charge in [-0.2, -0.15) is 0 Å². The molecule has 0 bridgehead atoms. The molecule has 0 spiro atoms. The molecule has 0 fully saturated rings. The predicted octanol–water partition coefficient (Wildman–Crippen LogP) is 1.40. The number of carbonyl (C=O) groups is 2. The van der Waals surface area contributed by atoms with E-state index in [1.54, 1.807) is 0 Å². The van der Waals surface area contributed by atoms with Gasteiger partial charge in [-0.05, 0) is 0 Å². The second-order valence-corrected chi connectivity index (χ2v) is 4.45. The third-order valence-corrected chi connectivity index (χ3v) is 2.59. The summed E-state index contributed by atoms with van der Waals surface area (Å²) in [6.45, 7) is 4.51. The van der Waals surface area contributed by atoms with E-state index in [-0.39, 0.29) is 0 Å². The number of rotatable bonds is 7. The van der Waals surface area contributed by atoms with Crippen LogP contribution in [0.25, 0.3) is 0 Å². The van der Waals surface area contributed by atoms with Crippen molar-refractivity contribution in [2.24, 2.45) is 0 Å². The van der Waals surface area contributed by atoms with Crippen LogP contribution in [0.1, 0.15) is 13.8 Å². The Kier molecular flexibility index (Phi) is 6.64. The maximum Gasteiger partial charge on any atom is 0.359 e. The van der Waals surface area contributed by atoms with Crippen molar-refractivity contribution in [2.45, 2.75) is 13.8 Å². The standard InChI is InChI=1S/C8H13O7P/c1-4-16(11,14-5-12-7(2)9)15-6-13-8(3)10/h4H,1,5-6H2,2-3H3. The lowest BCUT2D eigenvalue weighted by molar-refractivity contribution is -0.149. The van der Waals surface area contributed by atoms with Crippen LogP contribution in [0.2, 0.25) is 0 Å². The van der Waals surface area contributed by atoms with Crippen molar-refractivity contribution in [3.63, 3.8) is 0 Å². The van der Waals surface area contributed by atoms with Crippen molar-refractivity contribution in [2.75, 3.05) is 13.6 Å². The third-order valence-electron chi connectivity index (χ3n) is 1.21. The first-order valence-electron chi connectivity index (χ1n) is 4.19. The average molecular weight is 252 g/mol. The minimum atomic E-state index is -3.60. The molecule has 0 atom stereocenters. The molecule has 0 unspecified atom stereocenters. The quantitative estimate of drug-likeness (QED) is 0.384. The van der Waals surface area contributed by atoms with Crippen LogP contribution in [-0.4, -0.2) is 25.5 Å². The highest BCUT2D eigenvalue weighted by molar-refractivity contribution is 7.57. The molecule has 0 aliphatic carbocycles. The Labute approximate surface area is 92.8 Å². The van der Waals surface area contributed by atoms with Gasteiger partial charge in [0.1, 0.15) is 0 Å². The lowest BCUT2D eigenvalue weighted by atomic mass is 10.8. The Morgan fingerprint density at radius 3 is 1.75 bits per heavy atom. The molecule has 8 heteroatoms. The van der Waals surface area contributed by atoms with Gasteiger partial charge in [0.05, 0.1) is 0 Å². The number of carbonyl (C=O) groups excluding carboxylic acids is 2. The van der Waals surface area contributed by atoms with Crippen molar-refractivity contribution < 1.29 is 32.7 Å². The largest absolute Gasteiger partial charge is 0.438 e. The summed E-state index contributed by atoms with van der Waals surface area (Å²) in [6, 6.07) is 0. The summed E-state index contributed by atoms with van der Waals surface area (Å²) >= 11 is 0. The Balaban J connectivity index is 4.00. The van der Waals surface area contributed by atoms with Crippen LogP contribution in [0.3, 0.4) is 0 Å². The molecule has 0 N–H and O–H groups in total. The highest BCUT2D eigenvalue weighted by Crippen LogP contribution is 2.49. The smallest absolute Gasteiger partial charge is 0.359 e. The zero-order valence-electron chi connectivity index (χ0n) is 9.00. The van der Waals surface area contributed by atoms with Gasteiger partial charge in [-0.25, -0.2) is 0 Å². The van der Waals surface area contributed by atoms with E-state index in [0.717, 1.165) is 5.82 Å². The first-order chi connectivity index (χ1) is 7.39. The molecular formula is C8H13O7P. The van der Waals surface area contributed by atoms with Crippen LogP contribution in [0.4, 0.5) is 0 Å². The minimum Gasteiger partial charge on any atom is -0.438 e. The van der Waals surface area contributed by atoms with Crippen molar-refractivity contribution in [1.82, 2.24) is 0 Å². The normalized spacial score (nSPS) is 10.6. The predicted molar refractivity (Wildman–Crippen MR) is 53.2 cm³/mol. The fourth-order valence-corrected chi connectivity index (χ4v) is 1.19. The molecule has 92 valence electrons. The molecule has 0 aromatic rings. The van der Waals surface area contributed by atoms with E-state index in [0.29, 0.717) is 0 Å². The highest BCUT2D eigenvalue weighted by atomic mass is 31.2. The second kappa shape index (κ2) is 7.16. The summed E-state index contributed by atoms with van der Waals surface area (Å²) < 4.78 is 29.7. The summed E-state index contributed by atoms with van der Waals surface area (Å²) in [7, 11) is -3.60. The Bertz CT molecular complexity index is 288. The Hall–Kier alpha value is -1.17. The third kappa shape index (κ3) is 7.17. The lowest BCUT2D eigenvalue weighted by Gasteiger charge is -2.13. The number of ether oxygens (including phenoxy) is 2. The van der Waals surface area contributed by atoms with Gasteiger partial charge in [-0.1, -0.05) is 6.58 Å². The van der Waals surface area contributed by atoms with Gasteiger partial charge in [0, 0.05) is 19.7 Å². The van der Waals surface area contributed by atoms with Gasteiger partial charge in [0.25, 0.3) is 0 Å². The first-order valence-corrected chi connectivity index (χ1v) is 5.80. The van der Waals surface area contributed by atoms with E-state index >= 15 is 0 Å². The second-order valence-electron chi connectivity index (χ2n) is 2.49. The first kappa shape index (κ1) is 14.8. The van der Waals surface area contributed by atoms with Crippen LogP contribution >= 0.6 is 7.60 Å². The number of esters is 2. The van der Waals surface area contributed by atoms with Gasteiger partial charge < -0.3 is 9.47 Å². The Morgan fingerprint density at radius 1 is 1.12 bits per heavy atom. The maximum absolute atomic E-state index is 11.6. The fraction of sp³-hybridized carbons (Fsp3) is 0.500. The summed E-state index contributed by atoms with van der Waals surface area (Å²) in [4.78, 5) is 20.8. The Morgan fingerprint density at radius 2 is 1.50 bits per heavy atom. The van der Waals surface area contributed by atoms with E-state index in [1.807, 2.05) is 0 Å². The summed E-state index contributed by atoms with van der Waals surface area (Å²) in [6.07, 6.45) is 0. The molecule has 0 heterocycles. The van der Waals surface area contributed by atoms with Gasteiger partial charge in [0.2, 0.25) is 13.6 Å². The summed E-state index contributed by atoms with van der Waals surface area (Å²) in [5.74, 6) is -0.258. The fourth-order valence-electron chi connectivity index (χ4n) is 0.508. The van der Waals surface area contributed by atoms with Crippen LogP contribution < -0.4 is 0 Å². The van der Waals surface area contributed by atoms with E-state index in [2.05, 4.69) is 25.1 Å². The van der Waals surface area contributed by atoms with Crippen LogP contribution in [-0.2, 0) is 32.7 Å². The molecule has 0 amide bonds. The molecule has 0 rings (SSSR count). The molecule has 0 aliphatic rings. The molecule has 0 saturated carbocycles. The molecule has 0 aromatic carbocycles. The van der Waals surface area contributed by atoms with E-state index < -0.39 is 33.1 Å². The average Bonchev–Trinajstić information content (AvgIpc) is 2.16. The SMILES string of the molecule is C=CP(=O)(OCOC(C)=O)OCOC(C)=O. The highest BCUT2D eigenvalue weighted by Gasteiger charge is 2.21. The van der Waals surface area contributed by atoms with Crippen LogP contribution in [0.5, 0.6) is 0 Å². The summed E-state index contributed by atoms with van der Waals surface area (Å²) in [5, 5.41) is 0. The van der Waals surface area contributed by atoms with Crippen molar-refractivity contribution in [3.05, 3.63) is 12.4 Å². The zero-order valence-corrected chi connectivity index (χ0v) is 9.90. The minimum absolute atomic E-state index is 0.529. The van der Waals surface area contributed by atoms with E-state index in [1.165, 1.54) is 13.8 Å².